The van der Waals surface area contributed by atoms with Crippen molar-refractivity contribution in [2.45, 2.75) is 13.2 Å². The summed E-state index contributed by atoms with van der Waals surface area (Å²) in [6, 6.07) is 5.55. The number of hydrogen-bond donors (Lipinski definition) is 2. The van der Waals surface area contributed by atoms with Gasteiger partial charge in [0.25, 0.3) is 5.91 Å². The van der Waals surface area contributed by atoms with Crippen LogP contribution in [0.3, 0.4) is 0 Å². The maximum atomic E-state index is 11.9. The molecule has 0 saturated heterocycles. The zero-order valence-corrected chi connectivity index (χ0v) is 11.2. The molecule has 2 rings (SSSR count). The van der Waals surface area contributed by atoms with Crippen LogP contribution in [0.5, 0.6) is 0 Å². The van der Waals surface area contributed by atoms with Gasteiger partial charge in [0.1, 0.15) is 0 Å². The Balaban J connectivity index is 1.78. The molecule has 1 aromatic rings. The lowest BCUT2D eigenvalue weighted by Gasteiger charge is -2.06. The molecule has 5 nitrogen and oxygen atoms in total. The monoisotopic (exact) mass is 281 g/mol. The van der Waals surface area contributed by atoms with Crippen LogP contribution >= 0.6 is 11.8 Å². The number of aliphatic carboxylic acids is 1. The highest BCUT2D eigenvalue weighted by atomic mass is 32.2. The van der Waals surface area contributed by atoms with Gasteiger partial charge in [-0.25, -0.2) is 0 Å². The topological polar surface area (TPSA) is 75.6 Å². The molecule has 0 fully saturated rings. The van der Waals surface area contributed by atoms with Gasteiger partial charge in [0.05, 0.1) is 19.0 Å². The van der Waals surface area contributed by atoms with E-state index in [0.29, 0.717) is 31.1 Å². The van der Waals surface area contributed by atoms with Crippen LogP contribution in [0, 0.1) is 0 Å². The van der Waals surface area contributed by atoms with Crippen molar-refractivity contribution in [1.82, 2.24) is 5.32 Å². The molecule has 0 saturated carbocycles. The molecule has 1 heterocycles. The van der Waals surface area contributed by atoms with Gasteiger partial charge in [0.15, 0.2) is 0 Å². The third-order valence-electron chi connectivity index (χ3n) is 2.74. The summed E-state index contributed by atoms with van der Waals surface area (Å²) in [4.78, 5) is 22.2. The van der Waals surface area contributed by atoms with Gasteiger partial charge in [-0.2, -0.15) is 0 Å². The van der Waals surface area contributed by atoms with Crippen molar-refractivity contribution in [1.29, 1.82) is 0 Å². The van der Waals surface area contributed by atoms with E-state index in [2.05, 4.69) is 5.32 Å². The Morgan fingerprint density at radius 2 is 2.11 bits per heavy atom. The molecule has 1 aromatic carbocycles. The molecule has 0 spiro atoms. The average molecular weight is 281 g/mol. The van der Waals surface area contributed by atoms with E-state index < -0.39 is 5.97 Å². The molecule has 0 unspecified atom stereocenters. The number of carbonyl (C=O) groups excluding carboxylic acids is 1. The normalized spacial score (nSPS) is 13.1. The van der Waals surface area contributed by atoms with E-state index in [1.165, 1.54) is 11.8 Å². The number of carbonyl (C=O) groups is 2. The number of rotatable bonds is 6. The number of benzene rings is 1. The van der Waals surface area contributed by atoms with Crippen LogP contribution in [0.15, 0.2) is 18.2 Å². The van der Waals surface area contributed by atoms with Crippen molar-refractivity contribution in [2.24, 2.45) is 0 Å². The van der Waals surface area contributed by atoms with E-state index in [4.69, 9.17) is 9.84 Å². The summed E-state index contributed by atoms with van der Waals surface area (Å²) in [6.45, 7) is 1.64. The number of nitrogens with one attached hydrogen (secondary N) is 1. The minimum Gasteiger partial charge on any atom is -0.481 e. The Kier molecular flexibility index (Phi) is 4.81. The van der Waals surface area contributed by atoms with E-state index in [9.17, 15) is 9.59 Å². The summed E-state index contributed by atoms with van der Waals surface area (Å²) in [7, 11) is 0. The second kappa shape index (κ2) is 6.58. The van der Waals surface area contributed by atoms with Crippen molar-refractivity contribution in [3.8, 4) is 0 Å². The van der Waals surface area contributed by atoms with Gasteiger partial charge in [-0.05, 0) is 23.3 Å². The molecule has 1 amide bonds. The molecule has 0 atom stereocenters. The molecular weight excluding hydrogens is 266 g/mol. The lowest BCUT2D eigenvalue weighted by atomic mass is 10.1. The van der Waals surface area contributed by atoms with Gasteiger partial charge >= 0.3 is 5.97 Å². The maximum absolute atomic E-state index is 11.9. The van der Waals surface area contributed by atoms with Gasteiger partial charge < -0.3 is 15.2 Å². The molecule has 0 aliphatic carbocycles. The number of carboxylic acid groups (broad SMARTS) is 1. The number of hydrogen-bond acceptors (Lipinski definition) is 4. The molecule has 6 heteroatoms. The largest absolute Gasteiger partial charge is 0.481 e. The van der Waals surface area contributed by atoms with Gasteiger partial charge in [0.2, 0.25) is 0 Å². The second-order valence-corrected chi connectivity index (χ2v) is 5.28. The molecular formula is C13H15NO4S. The predicted octanol–water partition coefficient (Wildman–Crippen LogP) is 1.26. The Morgan fingerprint density at radius 3 is 2.89 bits per heavy atom. The van der Waals surface area contributed by atoms with Crippen LogP contribution in [0.4, 0.5) is 0 Å². The summed E-state index contributed by atoms with van der Waals surface area (Å²) in [5.74, 6) is -0.321. The molecule has 102 valence electrons. The van der Waals surface area contributed by atoms with E-state index in [1.54, 1.807) is 6.07 Å². The van der Waals surface area contributed by atoms with Gasteiger partial charge in [-0.1, -0.05) is 6.07 Å². The van der Waals surface area contributed by atoms with E-state index in [1.807, 2.05) is 12.1 Å². The number of amides is 1. The average Bonchev–Trinajstić information content (AvgIpc) is 2.84. The van der Waals surface area contributed by atoms with Crippen molar-refractivity contribution in [3.63, 3.8) is 0 Å². The number of ether oxygens (including phenoxy) is 1. The Bertz CT molecular complexity index is 490. The Hall–Kier alpha value is -1.53. The first-order valence-corrected chi connectivity index (χ1v) is 7.09. The van der Waals surface area contributed by atoms with Crippen molar-refractivity contribution in [3.05, 3.63) is 34.9 Å². The van der Waals surface area contributed by atoms with Crippen molar-refractivity contribution < 1.29 is 19.4 Å². The molecule has 0 radical (unpaired) electrons. The smallest absolute Gasteiger partial charge is 0.313 e. The van der Waals surface area contributed by atoms with E-state index in [0.717, 1.165) is 11.1 Å². The molecule has 0 bridgehead atoms. The summed E-state index contributed by atoms with van der Waals surface area (Å²) >= 11 is 1.28. The zero-order valence-electron chi connectivity index (χ0n) is 10.3. The third-order valence-corrected chi connectivity index (χ3v) is 3.68. The van der Waals surface area contributed by atoms with Crippen LogP contribution in [0.25, 0.3) is 0 Å². The fraction of sp³-hybridized carbons (Fsp3) is 0.385. The van der Waals surface area contributed by atoms with Crippen LogP contribution in [0.2, 0.25) is 0 Å². The molecule has 1 aliphatic rings. The van der Waals surface area contributed by atoms with Crippen LogP contribution < -0.4 is 5.32 Å². The lowest BCUT2D eigenvalue weighted by Crippen LogP contribution is -2.26. The van der Waals surface area contributed by atoms with Crippen LogP contribution in [-0.4, -0.2) is 35.0 Å². The molecule has 19 heavy (non-hydrogen) atoms. The fourth-order valence-electron chi connectivity index (χ4n) is 1.81. The SMILES string of the molecule is O=C(O)CSCCNC(=O)c1ccc2c(c1)COC2. The summed E-state index contributed by atoms with van der Waals surface area (Å²) in [5.41, 5.74) is 2.81. The first kappa shape index (κ1) is 13.9. The number of carboxylic acids is 1. The molecule has 1 aliphatic heterocycles. The van der Waals surface area contributed by atoms with Gasteiger partial charge in [-0.15, -0.1) is 11.8 Å². The van der Waals surface area contributed by atoms with Crippen LogP contribution in [-0.2, 0) is 22.7 Å². The standard InChI is InChI=1S/C13H15NO4S/c15-12(16)8-19-4-3-14-13(17)9-1-2-10-6-18-7-11(10)5-9/h1-2,5H,3-4,6-8H2,(H,14,17)(H,15,16). The summed E-state index contributed by atoms with van der Waals surface area (Å²) in [6.07, 6.45) is 0. The first-order valence-electron chi connectivity index (χ1n) is 5.94. The van der Waals surface area contributed by atoms with Crippen molar-refractivity contribution in [2.75, 3.05) is 18.1 Å². The van der Waals surface area contributed by atoms with Crippen LogP contribution in [0.1, 0.15) is 21.5 Å². The second-order valence-electron chi connectivity index (χ2n) is 4.18. The van der Waals surface area contributed by atoms with Crippen molar-refractivity contribution >= 4 is 23.6 Å². The van der Waals surface area contributed by atoms with Gasteiger partial charge in [-0.3, -0.25) is 9.59 Å². The minimum absolute atomic E-state index is 0.0616. The Morgan fingerprint density at radius 1 is 1.32 bits per heavy atom. The zero-order chi connectivity index (χ0) is 13.7. The third kappa shape index (κ3) is 3.97. The maximum Gasteiger partial charge on any atom is 0.313 e. The fourth-order valence-corrected chi connectivity index (χ4v) is 2.38. The molecule has 0 aromatic heterocycles. The predicted molar refractivity (Wildman–Crippen MR) is 72.2 cm³/mol. The number of thioether (sulfide) groups is 1. The van der Waals surface area contributed by atoms with Gasteiger partial charge in [0, 0.05) is 17.9 Å². The quantitative estimate of drug-likeness (QED) is 0.768. The summed E-state index contributed by atoms with van der Waals surface area (Å²) in [5, 5.41) is 11.2. The highest BCUT2D eigenvalue weighted by Crippen LogP contribution is 2.20. The highest BCUT2D eigenvalue weighted by Gasteiger charge is 2.13. The van der Waals surface area contributed by atoms with E-state index in [-0.39, 0.29) is 11.7 Å². The summed E-state index contributed by atoms with van der Waals surface area (Å²) < 4.78 is 5.29. The lowest BCUT2D eigenvalue weighted by molar-refractivity contribution is -0.133. The molecule has 2 N–H and O–H groups in total. The number of fused-ring (bicyclic) bond motifs is 1. The highest BCUT2D eigenvalue weighted by molar-refractivity contribution is 7.99. The Labute approximate surface area is 115 Å². The minimum atomic E-state index is -0.838. The first-order chi connectivity index (χ1) is 9.16. The van der Waals surface area contributed by atoms with E-state index >= 15 is 0 Å².